The molecule has 1 aliphatic rings. The molecule has 0 aromatic carbocycles. The summed E-state index contributed by atoms with van der Waals surface area (Å²) in [6.07, 6.45) is 5.56. The predicted octanol–water partition coefficient (Wildman–Crippen LogP) is 2.31. The maximum absolute atomic E-state index is 11.4. The van der Waals surface area contributed by atoms with Crippen molar-refractivity contribution in [1.82, 2.24) is 9.97 Å². The van der Waals surface area contributed by atoms with Gasteiger partial charge in [0.15, 0.2) is 0 Å². The summed E-state index contributed by atoms with van der Waals surface area (Å²) in [5.41, 5.74) is 13.4. The first-order valence-corrected chi connectivity index (χ1v) is 8.54. The van der Waals surface area contributed by atoms with E-state index in [1.54, 1.807) is 19.4 Å². The Morgan fingerprint density at radius 1 is 1.32 bits per heavy atom. The second-order valence-corrected chi connectivity index (χ2v) is 6.63. The van der Waals surface area contributed by atoms with Crippen molar-refractivity contribution in [2.24, 2.45) is 11.5 Å². The highest BCUT2D eigenvalue weighted by Gasteiger charge is 2.37. The van der Waals surface area contributed by atoms with Gasteiger partial charge in [-0.1, -0.05) is 0 Å². The van der Waals surface area contributed by atoms with Crippen molar-refractivity contribution in [3.05, 3.63) is 30.0 Å². The summed E-state index contributed by atoms with van der Waals surface area (Å²) < 4.78 is 10.7. The van der Waals surface area contributed by atoms with Gasteiger partial charge in [-0.15, -0.1) is 0 Å². The maximum atomic E-state index is 11.4. The second kappa shape index (κ2) is 7.23. The van der Waals surface area contributed by atoms with Gasteiger partial charge in [0, 0.05) is 18.3 Å². The number of carbonyl (C=O) groups excluding carboxylic acids is 1. The highest BCUT2D eigenvalue weighted by atomic mass is 16.6. The molecule has 1 fully saturated rings. The number of hydrogen-bond acceptors (Lipinski definition) is 6. The third-order valence-electron chi connectivity index (χ3n) is 4.96. The number of aromatic nitrogens is 2. The summed E-state index contributed by atoms with van der Waals surface area (Å²) in [5.74, 6) is 0.550. The molecular weight excluding hydrogens is 320 g/mol. The molecule has 2 aromatic rings. The standard InChI is InChI=1S/C18H24N4O3/c1-24-15-3-2-14-16(22-15)12(7-11-21-14)4-8-18(25-17(20)23)9-5-13(19)6-10-18/h2-3,7,11,13H,4-6,8-10,19H2,1H3,(H2,20,23). The van der Waals surface area contributed by atoms with E-state index in [0.717, 1.165) is 42.3 Å². The Labute approximate surface area is 146 Å². The van der Waals surface area contributed by atoms with Gasteiger partial charge >= 0.3 is 6.09 Å². The number of pyridine rings is 2. The summed E-state index contributed by atoms with van der Waals surface area (Å²) >= 11 is 0. The van der Waals surface area contributed by atoms with Crippen molar-refractivity contribution < 1.29 is 14.3 Å². The average molecular weight is 344 g/mol. The first kappa shape index (κ1) is 17.4. The largest absolute Gasteiger partial charge is 0.481 e. The Morgan fingerprint density at radius 3 is 2.76 bits per heavy atom. The minimum Gasteiger partial charge on any atom is -0.481 e. The topological polar surface area (TPSA) is 113 Å². The summed E-state index contributed by atoms with van der Waals surface area (Å²) in [4.78, 5) is 20.3. The lowest BCUT2D eigenvalue weighted by molar-refractivity contribution is -0.0214. The summed E-state index contributed by atoms with van der Waals surface area (Å²) in [5, 5.41) is 0. The zero-order chi connectivity index (χ0) is 17.9. The molecule has 0 bridgehead atoms. The van der Waals surface area contributed by atoms with E-state index < -0.39 is 11.7 Å². The van der Waals surface area contributed by atoms with Crippen LogP contribution in [0.15, 0.2) is 24.4 Å². The molecule has 0 atom stereocenters. The monoisotopic (exact) mass is 344 g/mol. The quantitative estimate of drug-likeness (QED) is 0.860. The molecule has 0 saturated heterocycles. The smallest absolute Gasteiger partial charge is 0.405 e. The van der Waals surface area contributed by atoms with Gasteiger partial charge in [-0.25, -0.2) is 9.78 Å². The lowest BCUT2D eigenvalue weighted by Gasteiger charge is -2.38. The van der Waals surface area contributed by atoms with E-state index in [4.69, 9.17) is 20.9 Å². The molecule has 25 heavy (non-hydrogen) atoms. The molecule has 0 spiro atoms. The van der Waals surface area contributed by atoms with Crippen molar-refractivity contribution in [1.29, 1.82) is 0 Å². The van der Waals surface area contributed by atoms with Crippen LogP contribution in [0.2, 0.25) is 0 Å². The van der Waals surface area contributed by atoms with Crippen molar-refractivity contribution in [2.75, 3.05) is 7.11 Å². The molecule has 1 aliphatic carbocycles. The van der Waals surface area contributed by atoms with Crippen LogP contribution in [0.4, 0.5) is 4.79 Å². The van der Waals surface area contributed by atoms with E-state index in [9.17, 15) is 4.79 Å². The number of nitrogens with two attached hydrogens (primary N) is 2. The van der Waals surface area contributed by atoms with E-state index in [0.29, 0.717) is 18.7 Å². The number of fused-ring (bicyclic) bond motifs is 1. The number of primary amides is 1. The van der Waals surface area contributed by atoms with Gasteiger partial charge < -0.3 is 20.9 Å². The van der Waals surface area contributed by atoms with Crippen LogP contribution >= 0.6 is 0 Å². The van der Waals surface area contributed by atoms with Gasteiger partial charge in [-0.3, -0.25) is 4.98 Å². The third-order valence-corrected chi connectivity index (χ3v) is 4.96. The highest BCUT2D eigenvalue weighted by molar-refractivity contribution is 5.78. The predicted molar refractivity (Wildman–Crippen MR) is 94.3 cm³/mol. The number of nitrogens with zero attached hydrogens (tertiary/aromatic N) is 2. The molecule has 1 amide bonds. The number of amides is 1. The molecule has 1 saturated carbocycles. The lowest BCUT2D eigenvalue weighted by Crippen LogP contribution is -2.44. The minimum atomic E-state index is -0.727. The first-order chi connectivity index (χ1) is 12.0. The molecule has 0 unspecified atom stereocenters. The fourth-order valence-electron chi connectivity index (χ4n) is 3.52. The van der Waals surface area contributed by atoms with Crippen LogP contribution in [0.3, 0.4) is 0 Å². The minimum absolute atomic E-state index is 0.164. The molecule has 7 heteroatoms. The number of aryl methyl sites for hydroxylation is 1. The van der Waals surface area contributed by atoms with Crippen LogP contribution in [-0.4, -0.2) is 34.8 Å². The Hall–Kier alpha value is -2.41. The van der Waals surface area contributed by atoms with E-state index >= 15 is 0 Å². The SMILES string of the molecule is COc1ccc2nccc(CCC3(OC(N)=O)CCC(N)CC3)c2n1. The van der Waals surface area contributed by atoms with Gasteiger partial charge in [-0.2, -0.15) is 0 Å². The van der Waals surface area contributed by atoms with Crippen molar-refractivity contribution in [3.63, 3.8) is 0 Å². The van der Waals surface area contributed by atoms with Crippen LogP contribution < -0.4 is 16.2 Å². The van der Waals surface area contributed by atoms with Crippen molar-refractivity contribution >= 4 is 17.1 Å². The third kappa shape index (κ3) is 3.99. The van der Waals surface area contributed by atoms with E-state index in [1.165, 1.54) is 0 Å². The Morgan fingerprint density at radius 2 is 2.08 bits per heavy atom. The number of hydrogen-bond donors (Lipinski definition) is 2. The molecular formula is C18H24N4O3. The van der Waals surface area contributed by atoms with Gasteiger partial charge in [0.25, 0.3) is 0 Å². The van der Waals surface area contributed by atoms with Crippen molar-refractivity contribution in [3.8, 4) is 5.88 Å². The van der Waals surface area contributed by atoms with Gasteiger partial charge in [0.2, 0.25) is 5.88 Å². The molecule has 2 aromatic heterocycles. The molecule has 2 heterocycles. The van der Waals surface area contributed by atoms with E-state index in [1.807, 2.05) is 12.1 Å². The number of rotatable bonds is 5. The van der Waals surface area contributed by atoms with Crippen LogP contribution in [0.5, 0.6) is 5.88 Å². The van der Waals surface area contributed by atoms with Crippen LogP contribution in [0.25, 0.3) is 11.0 Å². The van der Waals surface area contributed by atoms with Crippen LogP contribution in [0.1, 0.15) is 37.7 Å². The molecule has 4 N–H and O–H groups in total. The number of carbonyl (C=O) groups is 1. The summed E-state index contributed by atoms with van der Waals surface area (Å²) in [7, 11) is 1.59. The molecule has 7 nitrogen and oxygen atoms in total. The molecule has 0 radical (unpaired) electrons. The fraction of sp³-hybridized carbons (Fsp3) is 0.500. The fourth-order valence-corrected chi connectivity index (χ4v) is 3.52. The number of ether oxygens (including phenoxy) is 2. The van der Waals surface area contributed by atoms with Gasteiger partial charge in [0.1, 0.15) is 5.60 Å². The Bertz CT molecular complexity index is 757. The maximum Gasteiger partial charge on any atom is 0.405 e. The highest BCUT2D eigenvalue weighted by Crippen LogP contribution is 2.35. The zero-order valence-electron chi connectivity index (χ0n) is 14.4. The van der Waals surface area contributed by atoms with E-state index in [-0.39, 0.29) is 6.04 Å². The molecule has 134 valence electrons. The summed E-state index contributed by atoms with van der Waals surface area (Å²) in [6.45, 7) is 0. The Balaban J connectivity index is 1.83. The second-order valence-electron chi connectivity index (χ2n) is 6.63. The Kier molecular flexibility index (Phi) is 5.03. The van der Waals surface area contributed by atoms with Crippen molar-refractivity contribution in [2.45, 2.75) is 50.2 Å². The van der Waals surface area contributed by atoms with Gasteiger partial charge in [0.05, 0.1) is 18.1 Å². The normalized spacial score (nSPS) is 23.4. The first-order valence-electron chi connectivity index (χ1n) is 8.54. The van der Waals surface area contributed by atoms with Gasteiger partial charge in [-0.05, 0) is 56.2 Å². The van der Waals surface area contributed by atoms with Crippen LogP contribution in [-0.2, 0) is 11.2 Å². The lowest BCUT2D eigenvalue weighted by atomic mass is 9.78. The average Bonchev–Trinajstić information content (AvgIpc) is 2.61. The summed E-state index contributed by atoms with van der Waals surface area (Å²) in [6, 6.07) is 5.79. The number of methoxy groups -OCH3 is 1. The zero-order valence-corrected chi connectivity index (χ0v) is 14.4. The molecule has 0 aliphatic heterocycles. The van der Waals surface area contributed by atoms with E-state index in [2.05, 4.69) is 9.97 Å². The van der Waals surface area contributed by atoms with Crippen LogP contribution in [0, 0.1) is 0 Å². The molecule has 3 rings (SSSR count).